The first-order valence-corrected chi connectivity index (χ1v) is 10.1. The van der Waals surface area contributed by atoms with E-state index in [0.717, 1.165) is 34.4 Å². The second kappa shape index (κ2) is 7.44. The van der Waals surface area contributed by atoms with Crippen LogP contribution >= 0.6 is 11.3 Å². The predicted octanol–water partition coefficient (Wildman–Crippen LogP) is 5.18. The van der Waals surface area contributed by atoms with Crippen LogP contribution in [0, 0.1) is 0 Å². The second-order valence-electron chi connectivity index (χ2n) is 6.68. The summed E-state index contributed by atoms with van der Waals surface area (Å²) in [5.74, 6) is 1.29. The van der Waals surface area contributed by atoms with Crippen molar-refractivity contribution < 1.29 is 4.79 Å². The highest BCUT2D eigenvalue weighted by Gasteiger charge is 2.27. The van der Waals surface area contributed by atoms with Crippen molar-refractivity contribution in [2.75, 3.05) is 10.3 Å². The summed E-state index contributed by atoms with van der Waals surface area (Å²) >= 11 is 1.61. The molecule has 2 aromatic heterocycles. The highest BCUT2D eigenvalue weighted by Crippen LogP contribution is 2.38. The molecule has 0 saturated carbocycles. The molecule has 1 N–H and O–H groups in total. The van der Waals surface area contributed by atoms with Gasteiger partial charge in [-0.2, -0.15) is 10.1 Å². The molecular weight excluding hydrogens is 382 g/mol. The Kier molecular flexibility index (Phi) is 4.50. The smallest absolute Gasteiger partial charge is 0.229 e. The summed E-state index contributed by atoms with van der Waals surface area (Å²) in [6.45, 7) is 0. The monoisotopic (exact) mass is 399 g/mol. The first-order valence-electron chi connectivity index (χ1n) is 9.26. The molecule has 6 nitrogen and oxygen atoms in total. The Labute approximate surface area is 171 Å². The van der Waals surface area contributed by atoms with E-state index < -0.39 is 0 Å². The quantitative estimate of drug-likeness (QED) is 0.468. The largest absolute Gasteiger partial charge is 0.324 e. The molecule has 2 aromatic carbocycles. The molecular formula is C22H17N5OS. The number of benzene rings is 2. The van der Waals surface area contributed by atoms with E-state index in [2.05, 4.69) is 27.5 Å². The Balaban J connectivity index is 1.53. The average Bonchev–Trinajstić information content (AvgIpc) is 3.44. The van der Waals surface area contributed by atoms with Crippen molar-refractivity contribution in [3.8, 4) is 0 Å². The van der Waals surface area contributed by atoms with Crippen LogP contribution in [0.1, 0.15) is 28.4 Å². The van der Waals surface area contributed by atoms with Crippen LogP contribution in [0.25, 0.3) is 10.2 Å². The summed E-state index contributed by atoms with van der Waals surface area (Å²) in [6, 6.07) is 19.6. The van der Waals surface area contributed by atoms with Gasteiger partial charge in [0.05, 0.1) is 16.3 Å². The number of aromatic nitrogens is 2. The lowest BCUT2D eigenvalue weighted by Crippen LogP contribution is -2.20. The number of nitrogens with zero attached hydrogens (tertiary/aromatic N) is 4. The third-order valence-electron chi connectivity index (χ3n) is 4.82. The van der Waals surface area contributed by atoms with Crippen molar-refractivity contribution in [1.29, 1.82) is 0 Å². The summed E-state index contributed by atoms with van der Waals surface area (Å²) in [5.41, 5.74) is 3.52. The fourth-order valence-electron chi connectivity index (χ4n) is 3.40. The predicted molar refractivity (Wildman–Crippen MR) is 117 cm³/mol. The average molecular weight is 399 g/mol. The zero-order chi connectivity index (χ0) is 19.6. The Bertz CT molecular complexity index is 1190. The van der Waals surface area contributed by atoms with Crippen molar-refractivity contribution in [3.63, 3.8) is 0 Å². The summed E-state index contributed by atoms with van der Waals surface area (Å²) in [5, 5.41) is 11.9. The lowest BCUT2D eigenvalue weighted by atomic mass is 10.0. The third-order valence-corrected chi connectivity index (χ3v) is 5.72. The number of aldehydes is 1. The molecule has 1 aliphatic heterocycles. The molecule has 1 unspecified atom stereocenters. The molecule has 0 bridgehead atoms. The molecule has 4 aromatic rings. The molecule has 0 spiro atoms. The lowest BCUT2D eigenvalue weighted by Gasteiger charge is -2.24. The molecule has 7 heteroatoms. The molecule has 3 heterocycles. The maximum atomic E-state index is 10.9. The van der Waals surface area contributed by atoms with Crippen molar-refractivity contribution in [2.45, 2.75) is 12.5 Å². The van der Waals surface area contributed by atoms with Gasteiger partial charge in [0, 0.05) is 23.9 Å². The summed E-state index contributed by atoms with van der Waals surface area (Å²) in [6.07, 6.45) is 3.59. The highest BCUT2D eigenvalue weighted by molar-refractivity contribution is 7.17. The maximum absolute atomic E-state index is 10.9. The fourth-order valence-corrected chi connectivity index (χ4v) is 4.22. The number of rotatable bonds is 5. The standard InChI is InChI=1S/C22H17N5OS/c28-14-15-6-8-17(9-7-15)24-22-25-18-11-13-29-20(18)21(26-22)27-19(10-12-23-27)16-4-2-1-3-5-16/h1-9,11-14,19H,10H2,(H,24,25,26). The van der Waals surface area contributed by atoms with E-state index in [1.807, 2.05) is 53.0 Å². The minimum absolute atomic E-state index is 0.108. The summed E-state index contributed by atoms with van der Waals surface area (Å²) in [7, 11) is 0. The van der Waals surface area contributed by atoms with E-state index in [0.29, 0.717) is 11.5 Å². The van der Waals surface area contributed by atoms with Crippen LogP contribution in [0.5, 0.6) is 0 Å². The minimum atomic E-state index is 0.108. The van der Waals surface area contributed by atoms with Gasteiger partial charge in [-0.25, -0.2) is 9.99 Å². The maximum Gasteiger partial charge on any atom is 0.229 e. The van der Waals surface area contributed by atoms with Crippen molar-refractivity contribution in [1.82, 2.24) is 9.97 Å². The van der Waals surface area contributed by atoms with Crippen molar-refractivity contribution in [3.05, 3.63) is 77.2 Å². The Morgan fingerprint density at radius 3 is 2.66 bits per heavy atom. The molecule has 0 aliphatic carbocycles. The van der Waals surface area contributed by atoms with Gasteiger partial charge in [0.1, 0.15) is 6.29 Å². The molecule has 0 saturated heterocycles. The number of fused-ring (bicyclic) bond motifs is 1. The van der Waals surface area contributed by atoms with Crippen LogP contribution < -0.4 is 10.3 Å². The van der Waals surface area contributed by atoms with Gasteiger partial charge in [0.25, 0.3) is 0 Å². The van der Waals surface area contributed by atoms with Gasteiger partial charge in [-0.15, -0.1) is 11.3 Å². The van der Waals surface area contributed by atoms with Gasteiger partial charge in [0.15, 0.2) is 5.82 Å². The number of thiophene rings is 1. The number of hydrogen-bond donors (Lipinski definition) is 1. The van der Waals surface area contributed by atoms with Gasteiger partial charge in [-0.1, -0.05) is 30.3 Å². The number of hydrazone groups is 1. The van der Waals surface area contributed by atoms with E-state index in [9.17, 15) is 4.79 Å². The molecule has 142 valence electrons. The van der Waals surface area contributed by atoms with Crippen LogP contribution in [0.4, 0.5) is 17.5 Å². The van der Waals surface area contributed by atoms with Crippen LogP contribution in [-0.4, -0.2) is 22.5 Å². The van der Waals surface area contributed by atoms with Gasteiger partial charge in [-0.3, -0.25) is 4.79 Å². The van der Waals surface area contributed by atoms with E-state index >= 15 is 0 Å². The van der Waals surface area contributed by atoms with Gasteiger partial charge in [-0.05, 0) is 41.3 Å². The topological polar surface area (TPSA) is 70.5 Å². The molecule has 5 rings (SSSR count). The van der Waals surface area contributed by atoms with Crippen LogP contribution in [0.3, 0.4) is 0 Å². The van der Waals surface area contributed by atoms with Crippen LogP contribution in [0.2, 0.25) is 0 Å². The summed E-state index contributed by atoms with van der Waals surface area (Å²) < 4.78 is 1.01. The fraction of sp³-hybridized carbons (Fsp3) is 0.0909. The first-order chi connectivity index (χ1) is 14.3. The van der Waals surface area contributed by atoms with E-state index in [1.165, 1.54) is 5.56 Å². The van der Waals surface area contributed by atoms with E-state index in [1.54, 1.807) is 23.5 Å². The number of anilines is 3. The zero-order valence-electron chi connectivity index (χ0n) is 15.4. The third kappa shape index (κ3) is 3.36. The lowest BCUT2D eigenvalue weighted by molar-refractivity contribution is 0.112. The Morgan fingerprint density at radius 1 is 1.03 bits per heavy atom. The number of carbonyl (C=O) groups excluding carboxylic acids is 1. The Morgan fingerprint density at radius 2 is 1.86 bits per heavy atom. The van der Waals surface area contributed by atoms with Crippen LogP contribution in [0.15, 0.2) is 71.1 Å². The second-order valence-corrected chi connectivity index (χ2v) is 7.59. The highest BCUT2D eigenvalue weighted by atomic mass is 32.1. The van der Waals surface area contributed by atoms with E-state index in [-0.39, 0.29) is 6.04 Å². The SMILES string of the molecule is O=Cc1ccc(Nc2nc(N3N=CCC3c3ccccc3)c3sccc3n2)cc1. The molecule has 1 atom stereocenters. The zero-order valence-corrected chi connectivity index (χ0v) is 16.2. The van der Waals surface area contributed by atoms with E-state index in [4.69, 9.17) is 4.98 Å². The van der Waals surface area contributed by atoms with Gasteiger partial charge < -0.3 is 5.32 Å². The normalized spacial score (nSPS) is 15.7. The first kappa shape index (κ1) is 17.5. The number of nitrogens with one attached hydrogen (secondary N) is 1. The van der Waals surface area contributed by atoms with Gasteiger partial charge >= 0.3 is 0 Å². The number of carbonyl (C=O) groups is 1. The van der Waals surface area contributed by atoms with Crippen molar-refractivity contribution >= 4 is 51.5 Å². The molecule has 0 amide bonds. The molecule has 0 fully saturated rings. The number of hydrogen-bond acceptors (Lipinski definition) is 7. The molecule has 29 heavy (non-hydrogen) atoms. The van der Waals surface area contributed by atoms with Crippen molar-refractivity contribution in [2.24, 2.45) is 5.10 Å². The Hall–Kier alpha value is -3.58. The van der Waals surface area contributed by atoms with Gasteiger partial charge in [0.2, 0.25) is 5.95 Å². The molecule has 0 radical (unpaired) electrons. The summed E-state index contributed by atoms with van der Waals surface area (Å²) in [4.78, 5) is 20.3. The minimum Gasteiger partial charge on any atom is -0.324 e. The van der Waals surface area contributed by atoms with Crippen LogP contribution in [-0.2, 0) is 0 Å². The molecule has 1 aliphatic rings.